The first-order chi connectivity index (χ1) is 14.7. The molecule has 1 aromatic rings. The van der Waals surface area contributed by atoms with E-state index in [0.717, 1.165) is 58.5 Å². The average molecular weight is 438 g/mol. The molecule has 1 saturated carbocycles. The molecule has 0 bridgehead atoms. The van der Waals surface area contributed by atoms with Crippen LogP contribution in [0.25, 0.3) is 0 Å². The van der Waals surface area contributed by atoms with Crippen molar-refractivity contribution in [2.45, 2.75) is 64.1 Å². The van der Waals surface area contributed by atoms with Gasteiger partial charge in [-0.1, -0.05) is 0 Å². The van der Waals surface area contributed by atoms with Gasteiger partial charge in [-0.15, -0.1) is 0 Å². The number of alkyl halides is 3. The van der Waals surface area contributed by atoms with Gasteiger partial charge in [0, 0.05) is 31.7 Å². The Morgan fingerprint density at radius 1 is 1.10 bits per heavy atom. The van der Waals surface area contributed by atoms with Gasteiger partial charge >= 0.3 is 6.18 Å². The lowest BCUT2D eigenvalue weighted by molar-refractivity contribution is -0.189. The minimum Gasteiger partial charge on any atom is -0.481 e. The van der Waals surface area contributed by atoms with Crippen LogP contribution in [0, 0.1) is 11.3 Å². The molecule has 170 valence electrons. The third kappa shape index (κ3) is 4.53. The summed E-state index contributed by atoms with van der Waals surface area (Å²) in [5.74, 6) is 0.953. The van der Waals surface area contributed by atoms with Crippen LogP contribution in [0.15, 0.2) is 24.3 Å². The zero-order valence-corrected chi connectivity index (χ0v) is 17.8. The molecule has 8 heteroatoms. The summed E-state index contributed by atoms with van der Waals surface area (Å²) in [6.45, 7) is 3.25. The Morgan fingerprint density at radius 2 is 1.77 bits per heavy atom. The van der Waals surface area contributed by atoms with E-state index < -0.39 is 12.3 Å². The zero-order chi connectivity index (χ0) is 22.2. The van der Waals surface area contributed by atoms with E-state index in [-0.39, 0.29) is 23.0 Å². The molecule has 3 fully saturated rings. The lowest BCUT2D eigenvalue weighted by Crippen LogP contribution is -2.40. The number of rotatable bonds is 5. The summed E-state index contributed by atoms with van der Waals surface area (Å²) in [6, 6.07) is 6.28. The second kappa shape index (κ2) is 8.36. The van der Waals surface area contributed by atoms with E-state index in [1.165, 1.54) is 12.1 Å². The molecule has 0 radical (unpaired) electrons. The summed E-state index contributed by atoms with van der Waals surface area (Å²) in [7, 11) is 0. The minimum absolute atomic E-state index is 0.112. The van der Waals surface area contributed by atoms with Crippen LogP contribution in [0.2, 0.25) is 0 Å². The molecule has 31 heavy (non-hydrogen) atoms. The number of anilines is 1. The molecular weight excluding hydrogens is 409 g/mol. The molecule has 1 aliphatic carbocycles. The van der Waals surface area contributed by atoms with Crippen LogP contribution in [0.5, 0.6) is 5.75 Å². The number of hydrogen-bond donors (Lipinski definition) is 0. The highest BCUT2D eigenvalue weighted by molar-refractivity contribution is 6.00. The summed E-state index contributed by atoms with van der Waals surface area (Å²) in [5.41, 5.74) is 0.351. The van der Waals surface area contributed by atoms with Crippen molar-refractivity contribution in [3.05, 3.63) is 24.3 Å². The minimum atomic E-state index is -4.42. The third-order valence-electron chi connectivity index (χ3n) is 7.15. The normalized spacial score (nSPS) is 27.9. The van der Waals surface area contributed by atoms with Gasteiger partial charge in [0.25, 0.3) is 0 Å². The van der Waals surface area contributed by atoms with Crippen molar-refractivity contribution >= 4 is 17.5 Å². The molecule has 2 amide bonds. The van der Waals surface area contributed by atoms with Crippen LogP contribution in [0.3, 0.4) is 0 Å². The molecule has 0 aromatic heterocycles. The van der Waals surface area contributed by atoms with Gasteiger partial charge in [-0.3, -0.25) is 9.59 Å². The summed E-state index contributed by atoms with van der Waals surface area (Å²) in [5, 5.41) is 0. The van der Waals surface area contributed by atoms with Crippen LogP contribution < -0.4 is 9.64 Å². The number of hydrogen-bond acceptors (Lipinski definition) is 3. The van der Waals surface area contributed by atoms with Crippen molar-refractivity contribution < 1.29 is 27.5 Å². The first kappa shape index (κ1) is 22.0. The number of carbonyl (C=O) groups is 2. The molecule has 2 saturated heterocycles. The monoisotopic (exact) mass is 438 g/mol. The topological polar surface area (TPSA) is 49.9 Å². The fraction of sp³-hybridized carbons (Fsp3) is 0.652. The second-order valence-electron chi connectivity index (χ2n) is 9.17. The lowest BCUT2D eigenvalue weighted by Gasteiger charge is -2.37. The van der Waals surface area contributed by atoms with Crippen molar-refractivity contribution in [2.24, 2.45) is 11.3 Å². The molecule has 2 heterocycles. The van der Waals surface area contributed by atoms with Crippen LogP contribution in [-0.2, 0) is 9.59 Å². The van der Waals surface area contributed by atoms with Crippen LogP contribution >= 0.6 is 0 Å². The molecule has 1 aromatic carbocycles. The smallest absolute Gasteiger partial charge is 0.425 e. The Hall–Kier alpha value is -2.25. The number of likely N-dealkylation sites (tertiary alicyclic amines) is 1. The molecular formula is C23H29F3N2O3. The predicted molar refractivity (Wildman–Crippen MR) is 110 cm³/mol. The van der Waals surface area contributed by atoms with Crippen molar-refractivity contribution in [3.63, 3.8) is 0 Å². The highest BCUT2D eigenvalue weighted by Gasteiger charge is 2.49. The lowest BCUT2D eigenvalue weighted by atomic mass is 9.69. The van der Waals surface area contributed by atoms with E-state index >= 15 is 0 Å². The van der Waals surface area contributed by atoms with Crippen LogP contribution in [0.4, 0.5) is 18.9 Å². The molecule has 1 atom stereocenters. The van der Waals surface area contributed by atoms with Crippen molar-refractivity contribution in [3.8, 4) is 5.75 Å². The van der Waals surface area contributed by atoms with E-state index in [9.17, 15) is 22.8 Å². The van der Waals surface area contributed by atoms with Gasteiger partial charge in [-0.05, 0) is 75.6 Å². The Balaban J connectivity index is 1.34. The van der Waals surface area contributed by atoms with E-state index in [2.05, 4.69) is 0 Å². The van der Waals surface area contributed by atoms with Gasteiger partial charge in [-0.2, -0.15) is 13.2 Å². The third-order valence-corrected chi connectivity index (χ3v) is 7.15. The summed E-state index contributed by atoms with van der Waals surface area (Å²) in [4.78, 5) is 28.9. The maximum atomic E-state index is 13.3. The number of halogens is 3. The van der Waals surface area contributed by atoms with E-state index in [4.69, 9.17) is 4.74 Å². The van der Waals surface area contributed by atoms with Crippen molar-refractivity contribution in [2.75, 3.05) is 24.5 Å². The predicted octanol–water partition coefficient (Wildman–Crippen LogP) is 4.55. The number of ether oxygens (including phenoxy) is 1. The quantitative estimate of drug-likeness (QED) is 0.678. The van der Waals surface area contributed by atoms with Gasteiger partial charge in [0.15, 0.2) is 6.10 Å². The molecule has 0 N–H and O–H groups in total. The zero-order valence-electron chi connectivity index (χ0n) is 17.8. The van der Waals surface area contributed by atoms with E-state index in [0.29, 0.717) is 24.6 Å². The molecule has 4 rings (SSSR count). The SMILES string of the molecule is C[C@@H](Oc1ccc(N2CCC3(CCC(CN4CCCC4=O)CC3)C2=O)cc1)C(F)(F)F. The Morgan fingerprint density at radius 3 is 2.35 bits per heavy atom. The second-order valence-corrected chi connectivity index (χ2v) is 9.17. The first-order valence-electron chi connectivity index (χ1n) is 11.1. The van der Waals surface area contributed by atoms with Crippen molar-refractivity contribution in [1.82, 2.24) is 4.90 Å². The van der Waals surface area contributed by atoms with Crippen LogP contribution in [-0.4, -0.2) is 48.6 Å². The fourth-order valence-electron chi connectivity index (χ4n) is 5.13. The first-order valence-corrected chi connectivity index (χ1v) is 11.1. The highest BCUT2D eigenvalue weighted by Crippen LogP contribution is 2.47. The Kier molecular flexibility index (Phi) is 5.92. The number of benzene rings is 1. The van der Waals surface area contributed by atoms with Gasteiger partial charge in [0.2, 0.25) is 11.8 Å². The Labute approximate surface area is 180 Å². The van der Waals surface area contributed by atoms with E-state index in [1.807, 2.05) is 4.90 Å². The summed E-state index contributed by atoms with van der Waals surface area (Å²) < 4.78 is 43.0. The molecule has 0 unspecified atom stereocenters. The van der Waals surface area contributed by atoms with Gasteiger partial charge in [0.1, 0.15) is 5.75 Å². The maximum Gasteiger partial charge on any atom is 0.425 e. The summed E-state index contributed by atoms with van der Waals surface area (Å²) in [6.07, 6.45) is -0.344. The molecule has 5 nitrogen and oxygen atoms in total. The Bertz CT molecular complexity index is 816. The molecule has 3 aliphatic rings. The number of nitrogens with zero attached hydrogens (tertiary/aromatic N) is 2. The standard InChI is InChI=1S/C23H29F3N2O3/c1-16(23(24,25)26)31-19-6-4-18(5-7-19)28-14-12-22(21(28)30)10-8-17(9-11-22)15-27-13-2-3-20(27)29/h4-7,16-17H,2-3,8-15H2,1H3/t16-,17?,22?/m1/s1. The fourth-order valence-corrected chi connectivity index (χ4v) is 5.13. The van der Waals surface area contributed by atoms with Gasteiger partial charge < -0.3 is 14.5 Å². The highest BCUT2D eigenvalue weighted by atomic mass is 19.4. The molecule has 2 aliphatic heterocycles. The van der Waals surface area contributed by atoms with Crippen molar-refractivity contribution in [1.29, 1.82) is 0 Å². The van der Waals surface area contributed by atoms with Gasteiger partial charge in [-0.25, -0.2) is 0 Å². The average Bonchev–Trinajstić information content (AvgIpc) is 3.27. The number of amides is 2. The van der Waals surface area contributed by atoms with E-state index in [1.54, 1.807) is 17.0 Å². The number of carbonyl (C=O) groups excluding carboxylic acids is 2. The van der Waals surface area contributed by atoms with Crippen LogP contribution in [0.1, 0.15) is 51.9 Å². The largest absolute Gasteiger partial charge is 0.481 e. The summed E-state index contributed by atoms with van der Waals surface area (Å²) >= 11 is 0. The molecule has 1 spiro atoms. The van der Waals surface area contributed by atoms with Gasteiger partial charge in [0.05, 0.1) is 5.41 Å². The maximum absolute atomic E-state index is 13.3.